The van der Waals surface area contributed by atoms with Gasteiger partial charge in [-0.1, -0.05) is 59.3 Å². The van der Waals surface area contributed by atoms with Gasteiger partial charge in [0, 0.05) is 6.42 Å². The largest absolute Gasteiger partial charge is 0.469 e. The topological polar surface area (TPSA) is 35.5 Å². The molecule has 1 fully saturated rings. The monoisotopic (exact) mass is 312 g/mol. The summed E-state index contributed by atoms with van der Waals surface area (Å²) in [6.45, 7) is 6.96. The summed E-state index contributed by atoms with van der Waals surface area (Å²) in [7, 11) is 1.46. The number of ether oxygens (including phenoxy) is 2. The Bertz CT molecular complexity index is 303. The van der Waals surface area contributed by atoms with Crippen molar-refractivity contribution in [3.63, 3.8) is 0 Å². The van der Waals surface area contributed by atoms with E-state index in [-0.39, 0.29) is 5.97 Å². The van der Waals surface area contributed by atoms with E-state index in [0.29, 0.717) is 30.5 Å². The van der Waals surface area contributed by atoms with Crippen molar-refractivity contribution in [2.45, 2.75) is 97.2 Å². The van der Waals surface area contributed by atoms with E-state index in [4.69, 9.17) is 4.74 Å². The molecule has 3 nitrogen and oxygen atoms in total. The third-order valence-electron chi connectivity index (χ3n) is 5.27. The minimum Gasteiger partial charge on any atom is -0.469 e. The Morgan fingerprint density at radius 2 is 1.45 bits per heavy atom. The lowest BCUT2D eigenvalue weighted by Crippen LogP contribution is -2.16. The van der Waals surface area contributed by atoms with Gasteiger partial charge in [-0.2, -0.15) is 0 Å². The van der Waals surface area contributed by atoms with Crippen molar-refractivity contribution in [3.05, 3.63) is 0 Å². The molecule has 1 aliphatic heterocycles. The Hall–Kier alpha value is -0.570. The fourth-order valence-electron chi connectivity index (χ4n) is 3.52. The third-order valence-corrected chi connectivity index (χ3v) is 5.27. The van der Waals surface area contributed by atoms with Crippen LogP contribution in [0.1, 0.15) is 85.0 Å². The molecule has 0 bridgehead atoms. The number of unbranched alkanes of at least 4 members (excludes halogenated alkanes) is 5. The molecule has 0 saturated carbocycles. The van der Waals surface area contributed by atoms with Crippen LogP contribution in [0.2, 0.25) is 0 Å². The molecule has 1 heterocycles. The van der Waals surface area contributed by atoms with E-state index in [1.54, 1.807) is 0 Å². The average molecular weight is 312 g/mol. The molecule has 1 rings (SSSR count). The Balaban J connectivity index is 2.02. The summed E-state index contributed by atoms with van der Waals surface area (Å²) >= 11 is 0. The van der Waals surface area contributed by atoms with Crippen molar-refractivity contribution >= 4 is 5.97 Å². The zero-order valence-corrected chi connectivity index (χ0v) is 15.1. The van der Waals surface area contributed by atoms with Crippen LogP contribution in [0.25, 0.3) is 0 Å². The Morgan fingerprint density at radius 3 is 2.05 bits per heavy atom. The lowest BCUT2D eigenvalue weighted by Gasteiger charge is -2.15. The molecule has 0 aromatic carbocycles. The molecule has 3 heteroatoms. The van der Waals surface area contributed by atoms with Crippen LogP contribution in [0.15, 0.2) is 0 Å². The molecule has 0 radical (unpaired) electrons. The highest BCUT2D eigenvalue weighted by Gasteiger charge is 2.37. The molecule has 130 valence electrons. The van der Waals surface area contributed by atoms with Crippen LogP contribution in [0.5, 0.6) is 0 Å². The van der Waals surface area contributed by atoms with Crippen molar-refractivity contribution in [1.29, 1.82) is 0 Å². The first-order chi connectivity index (χ1) is 10.6. The maximum absolute atomic E-state index is 11.0. The van der Waals surface area contributed by atoms with E-state index in [1.807, 2.05) is 0 Å². The second kappa shape index (κ2) is 11.0. The normalized spacial score (nSPS) is 28.0. The van der Waals surface area contributed by atoms with E-state index in [9.17, 15) is 4.79 Å². The molecular formula is C19H36O3. The maximum Gasteiger partial charge on any atom is 0.305 e. The van der Waals surface area contributed by atoms with Crippen molar-refractivity contribution < 1.29 is 14.3 Å². The van der Waals surface area contributed by atoms with Gasteiger partial charge in [0.25, 0.3) is 0 Å². The van der Waals surface area contributed by atoms with Gasteiger partial charge in [-0.3, -0.25) is 4.79 Å². The van der Waals surface area contributed by atoms with Gasteiger partial charge in [0.15, 0.2) is 0 Å². The third kappa shape index (κ3) is 6.68. The Kier molecular flexibility index (Phi) is 9.77. The summed E-state index contributed by atoms with van der Waals surface area (Å²) in [5, 5.41) is 0. The molecule has 0 amide bonds. The SMILES string of the molecule is CCCC1OC(CCCCCCCCC(=O)OC)C(C)C1C. The van der Waals surface area contributed by atoms with Crippen molar-refractivity contribution in [2.75, 3.05) is 7.11 Å². The van der Waals surface area contributed by atoms with Crippen LogP contribution >= 0.6 is 0 Å². The molecule has 4 unspecified atom stereocenters. The molecular weight excluding hydrogens is 276 g/mol. The summed E-state index contributed by atoms with van der Waals surface area (Å²) in [6.07, 6.45) is 12.4. The molecule has 0 spiro atoms. The number of esters is 1. The van der Waals surface area contributed by atoms with Crippen LogP contribution in [-0.2, 0) is 14.3 Å². The number of hydrogen-bond acceptors (Lipinski definition) is 3. The van der Waals surface area contributed by atoms with Crippen molar-refractivity contribution in [1.82, 2.24) is 0 Å². The molecule has 22 heavy (non-hydrogen) atoms. The highest BCUT2D eigenvalue weighted by molar-refractivity contribution is 5.68. The van der Waals surface area contributed by atoms with Gasteiger partial charge in [-0.15, -0.1) is 0 Å². The van der Waals surface area contributed by atoms with Crippen molar-refractivity contribution in [3.8, 4) is 0 Å². The van der Waals surface area contributed by atoms with Gasteiger partial charge in [0.1, 0.15) is 0 Å². The van der Waals surface area contributed by atoms with Crippen LogP contribution in [0.3, 0.4) is 0 Å². The van der Waals surface area contributed by atoms with Crippen LogP contribution in [0.4, 0.5) is 0 Å². The van der Waals surface area contributed by atoms with Gasteiger partial charge in [0.2, 0.25) is 0 Å². The summed E-state index contributed by atoms with van der Waals surface area (Å²) in [4.78, 5) is 11.0. The highest BCUT2D eigenvalue weighted by atomic mass is 16.5. The Labute approximate surface area is 137 Å². The van der Waals surface area contributed by atoms with E-state index >= 15 is 0 Å². The molecule has 0 aliphatic carbocycles. The molecule has 0 N–H and O–H groups in total. The Morgan fingerprint density at radius 1 is 0.909 bits per heavy atom. The highest BCUT2D eigenvalue weighted by Crippen LogP contribution is 2.36. The quantitative estimate of drug-likeness (QED) is 0.392. The van der Waals surface area contributed by atoms with Crippen LogP contribution in [-0.4, -0.2) is 25.3 Å². The molecule has 1 saturated heterocycles. The maximum atomic E-state index is 11.0. The molecule has 4 atom stereocenters. The summed E-state index contributed by atoms with van der Waals surface area (Å²) in [6, 6.07) is 0. The fraction of sp³-hybridized carbons (Fsp3) is 0.947. The number of methoxy groups -OCH3 is 1. The predicted octanol–water partition coefficient (Wildman–Crippen LogP) is 5.12. The lowest BCUT2D eigenvalue weighted by atomic mass is 9.87. The van der Waals surface area contributed by atoms with E-state index < -0.39 is 0 Å². The summed E-state index contributed by atoms with van der Waals surface area (Å²) < 4.78 is 10.9. The minimum absolute atomic E-state index is 0.0804. The van der Waals surface area contributed by atoms with E-state index in [2.05, 4.69) is 25.5 Å². The second-order valence-electron chi connectivity index (χ2n) is 6.96. The fourth-order valence-corrected chi connectivity index (χ4v) is 3.52. The minimum atomic E-state index is -0.0804. The number of hydrogen-bond donors (Lipinski definition) is 0. The number of rotatable bonds is 11. The molecule has 1 aliphatic rings. The zero-order chi connectivity index (χ0) is 16.4. The first-order valence-electron chi connectivity index (χ1n) is 9.32. The second-order valence-corrected chi connectivity index (χ2v) is 6.96. The smallest absolute Gasteiger partial charge is 0.305 e. The van der Waals surface area contributed by atoms with Gasteiger partial charge in [-0.05, 0) is 31.1 Å². The van der Waals surface area contributed by atoms with E-state index in [0.717, 1.165) is 12.8 Å². The van der Waals surface area contributed by atoms with E-state index in [1.165, 1.54) is 52.1 Å². The van der Waals surface area contributed by atoms with Crippen molar-refractivity contribution in [2.24, 2.45) is 11.8 Å². The number of carbonyl (C=O) groups excluding carboxylic acids is 1. The number of carbonyl (C=O) groups is 1. The van der Waals surface area contributed by atoms with Gasteiger partial charge in [-0.25, -0.2) is 0 Å². The lowest BCUT2D eigenvalue weighted by molar-refractivity contribution is -0.140. The van der Waals surface area contributed by atoms with Gasteiger partial charge in [0.05, 0.1) is 19.3 Å². The van der Waals surface area contributed by atoms with Gasteiger partial charge >= 0.3 is 5.97 Å². The summed E-state index contributed by atoms with van der Waals surface area (Å²) in [5.74, 6) is 1.34. The summed E-state index contributed by atoms with van der Waals surface area (Å²) in [5.41, 5.74) is 0. The molecule has 0 aromatic heterocycles. The predicted molar refractivity (Wildman–Crippen MR) is 90.8 cm³/mol. The zero-order valence-electron chi connectivity index (χ0n) is 15.1. The first-order valence-corrected chi connectivity index (χ1v) is 9.32. The first kappa shape index (κ1) is 19.5. The molecule has 0 aromatic rings. The van der Waals surface area contributed by atoms with Crippen LogP contribution in [0, 0.1) is 11.8 Å². The van der Waals surface area contributed by atoms with Crippen LogP contribution < -0.4 is 0 Å². The standard InChI is InChI=1S/C19H36O3/c1-5-12-17-15(2)16(3)18(22-17)13-10-8-6-7-9-11-14-19(20)21-4/h15-18H,5-14H2,1-4H3. The average Bonchev–Trinajstić information content (AvgIpc) is 2.78. The van der Waals surface area contributed by atoms with Gasteiger partial charge < -0.3 is 9.47 Å².